The zero-order valence-corrected chi connectivity index (χ0v) is 16.2. The van der Waals surface area contributed by atoms with Crippen molar-refractivity contribution >= 4 is 28.5 Å². The zero-order chi connectivity index (χ0) is 22.0. The number of nitrogens with two attached hydrogens (primary N) is 1. The Morgan fingerprint density at radius 1 is 1.10 bits per heavy atom. The number of aromatic nitrogens is 1. The van der Waals surface area contributed by atoms with Gasteiger partial charge in [0.15, 0.2) is 11.5 Å². The topological polar surface area (TPSA) is 117 Å². The molecule has 0 bridgehead atoms. The number of ether oxygens (including phenoxy) is 2. The van der Waals surface area contributed by atoms with Gasteiger partial charge in [-0.1, -0.05) is 12.1 Å². The number of para-hydroxylation sites is 2. The van der Waals surface area contributed by atoms with Crippen LogP contribution in [0, 0.1) is 5.82 Å². The molecule has 4 aromatic rings. The normalized spacial score (nSPS) is 10.6. The molecule has 8 nitrogen and oxygen atoms in total. The summed E-state index contributed by atoms with van der Waals surface area (Å²) < 4.78 is 29.9. The van der Waals surface area contributed by atoms with Crippen molar-refractivity contribution in [1.82, 2.24) is 4.98 Å². The summed E-state index contributed by atoms with van der Waals surface area (Å²) in [7, 11) is 1.52. The Morgan fingerprint density at radius 3 is 2.55 bits per heavy atom. The van der Waals surface area contributed by atoms with Crippen LogP contribution in [-0.2, 0) is 0 Å². The number of methoxy groups -OCH3 is 1. The van der Waals surface area contributed by atoms with Crippen molar-refractivity contribution in [2.75, 3.05) is 12.4 Å². The van der Waals surface area contributed by atoms with Gasteiger partial charge in [0.1, 0.15) is 17.1 Å². The molecule has 2 amide bonds. The Hall–Kier alpha value is -4.40. The quantitative estimate of drug-likeness (QED) is 0.484. The van der Waals surface area contributed by atoms with Crippen molar-refractivity contribution in [1.29, 1.82) is 0 Å². The van der Waals surface area contributed by atoms with Gasteiger partial charge in [-0.3, -0.25) is 9.59 Å². The van der Waals surface area contributed by atoms with Crippen molar-refractivity contribution < 1.29 is 27.9 Å². The summed E-state index contributed by atoms with van der Waals surface area (Å²) in [4.78, 5) is 28.5. The number of carbonyl (C=O) groups excluding carboxylic acids is 2. The Bertz CT molecular complexity index is 1280. The van der Waals surface area contributed by atoms with E-state index >= 15 is 0 Å². The zero-order valence-electron chi connectivity index (χ0n) is 16.2. The lowest BCUT2D eigenvalue weighted by molar-refractivity contribution is 0.0977. The molecule has 2 aromatic carbocycles. The number of nitrogens with zero attached hydrogens (tertiary/aromatic N) is 1. The molecule has 0 aliphatic carbocycles. The number of pyridine rings is 1. The van der Waals surface area contributed by atoms with Gasteiger partial charge in [0.2, 0.25) is 11.6 Å². The highest BCUT2D eigenvalue weighted by Gasteiger charge is 2.21. The summed E-state index contributed by atoms with van der Waals surface area (Å²) >= 11 is 0. The number of nitrogens with one attached hydrogen (secondary N) is 1. The maximum absolute atomic E-state index is 13.7. The number of furan rings is 1. The molecule has 0 aliphatic heterocycles. The van der Waals surface area contributed by atoms with Crippen LogP contribution in [0.25, 0.3) is 11.0 Å². The molecule has 0 aliphatic rings. The lowest BCUT2D eigenvalue weighted by atomic mass is 10.2. The molecule has 0 saturated carbocycles. The predicted molar refractivity (Wildman–Crippen MR) is 110 cm³/mol. The number of fused-ring (bicyclic) bond motifs is 1. The molecular formula is C22H16FN3O5. The van der Waals surface area contributed by atoms with Crippen molar-refractivity contribution in [3.8, 4) is 17.4 Å². The summed E-state index contributed by atoms with van der Waals surface area (Å²) in [6.45, 7) is 0. The van der Waals surface area contributed by atoms with Gasteiger partial charge in [-0.2, -0.15) is 0 Å². The van der Waals surface area contributed by atoms with E-state index in [4.69, 9.17) is 19.6 Å². The van der Waals surface area contributed by atoms with Gasteiger partial charge in [-0.15, -0.1) is 0 Å². The molecule has 31 heavy (non-hydrogen) atoms. The number of amides is 2. The van der Waals surface area contributed by atoms with Crippen LogP contribution in [0.4, 0.5) is 10.1 Å². The minimum atomic E-state index is -0.898. The average molecular weight is 421 g/mol. The molecule has 0 saturated heterocycles. The Balaban J connectivity index is 1.58. The van der Waals surface area contributed by atoms with Crippen LogP contribution in [0.3, 0.4) is 0 Å². The molecule has 2 aromatic heterocycles. The molecule has 156 valence electrons. The van der Waals surface area contributed by atoms with Crippen LogP contribution < -0.4 is 20.5 Å². The summed E-state index contributed by atoms with van der Waals surface area (Å²) in [5.74, 6) is -1.08. The van der Waals surface area contributed by atoms with Gasteiger partial charge in [0.05, 0.1) is 12.7 Å². The average Bonchev–Trinajstić information content (AvgIpc) is 3.12. The van der Waals surface area contributed by atoms with E-state index in [1.165, 1.54) is 37.6 Å². The standard InChI is InChI=1S/C22H16FN3O5/c1-29-16-4-2-3-5-17(16)30-18-9-6-12(11-25-18)22(28)26-19-14-10-13(23)7-8-15(14)31-20(19)21(24)27/h2-11H,1H3,(H2,24,27)(H,26,28). The van der Waals surface area contributed by atoms with E-state index in [0.717, 1.165) is 6.07 Å². The first-order valence-electron chi connectivity index (χ1n) is 9.06. The highest BCUT2D eigenvalue weighted by molar-refractivity contribution is 6.14. The number of anilines is 1. The monoisotopic (exact) mass is 421 g/mol. The second-order valence-electron chi connectivity index (χ2n) is 6.40. The Labute approximate surface area is 175 Å². The summed E-state index contributed by atoms with van der Waals surface area (Å²) in [5.41, 5.74) is 5.70. The molecule has 9 heteroatoms. The third kappa shape index (κ3) is 4.01. The van der Waals surface area contributed by atoms with Crippen molar-refractivity contribution in [2.45, 2.75) is 0 Å². The van der Waals surface area contributed by atoms with E-state index < -0.39 is 17.6 Å². The minimum absolute atomic E-state index is 0.0126. The maximum Gasteiger partial charge on any atom is 0.286 e. The van der Waals surface area contributed by atoms with Crippen LogP contribution in [0.15, 0.2) is 65.2 Å². The molecule has 0 radical (unpaired) electrons. The number of primary amides is 1. The maximum atomic E-state index is 13.7. The van der Waals surface area contributed by atoms with Crippen LogP contribution in [0.1, 0.15) is 20.9 Å². The van der Waals surface area contributed by atoms with E-state index in [1.54, 1.807) is 24.3 Å². The molecule has 3 N–H and O–H groups in total. The van der Waals surface area contributed by atoms with Crippen molar-refractivity contribution in [3.05, 3.63) is 77.9 Å². The number of hydrogen-bond acceptors (Lipinski definition) is 6. The molecule has 0 atom stereocenters. The molecule has 0 unspecified atom stereocenters. The highest BCUT2D eigenvalue weighted by Crippen LogP contribution is 2.32. The van der Waals surface area contributed by atoms with E-state index in [2.05, 4.69) is 10.3 Å². The van der Waals surface area contributed by atoms with Gasteiger partial charge in [-0.05, 0) is 36.4 Å². The van der Waals surface area contributed by atoms with Crippen LogP contribution >= 0.6 is 0 Å². The number of hydrogen-bond donors (Lipinski definition) is 2. The van der Waals surface area contributed by atoms with E-state index in [0.29, 0.717) is 11.5 Å². The molecule has 2 heterocycles. The van der Waals surface area contributed by atoms with Crippen molar-refractivity contribution in [2.24, 2.45) is 5.73 Å². The van der Waals surface area contributed by atoms with E-state index in [9.17, 15) is 14.0 Å². The minimum Gasteiger partial charge on any atom is -0.493 e. The first-order chi connectivity index (χ1) is 15.0. The molecular weight excluding hydrogens is 405 g/mol. The smallest absolute Gasteiger partial charge is 0.286 e. The van der Waals surface area contributed by atoms with E-state index in [1.807, 2.05) is 0 Å². The van der Waals surface area contributed by atoms with Gasteiger partial charge in [0, 0.05) is 17.6 Å². The number of benzene rings is 2. The van der Waals surface area contributed by atoms with Gasteiger partial charge in [-0.25, -0.2) is 9.37 Å². The third-order valence-corrected chi connectivity index (χ3v) is 4.39. The SMILES string of the molecule is COc1ccccc1Oc1ccc(C(=O)Nc2c(C(N)=O)oc3ccc(F)cc23)cn1. The Morgan fingerprint density at radius 2 is 1.87 bits per heavy atom. The van der Waals surface area contributed by atoms with Crippen molar-refractivity contribution in [3.63, 3.8) is 0 Å². The van der Waals surface area contributed by atoms with Gasteiger partial charge in [0.25, 0.3) is 11.8 Å². The first-order valence-corrected chi connectivity index (χ1v) is 9.06. The first kappa shape index (κ1) is 19.9. The lowest BCUT2D eigenvalue weighted by Gasteiger charge is -2.09. The third-order valence-electron chi connectivity index (χ3n) is 4.39. The summed E-state index contributed by atoms with van der Waals surface area (Å²) in [5, 5.41) is 2.76. The number of carbonyl (C=O) groups is 2. The lowest BCUT2D eigenvalue weighted by Crippen LogP contribution is -2.17. The van der Waals surface area contributed by atoms with Crippen LogP contribution in [-0.4, -0.2) is 23.9 Å². The second kappa shape index (κ2) is 8.15. The summed E-state index contributed by atoms with van der Waals surface area (Å²) in [6, 6.07) is 13.7. The molecule has 0 fully saturated rings. The number of rotatable bonds is 6. The van der Waals surface area contributed by atoms with Crippen LogP contribution in [0.2, 0.25) is 0 Å². The summed E-state index contributed by atoms with van der Waals surface area (Å²) in [6.07, 6.45) is 1.30. The fourth-order valence-electron chi connectivity index (χ4n) is 2.94. The highest BCUT2D eigenvalue weighted by atomic mass is 19.1. The fraction of sp³-hybridized carbons (Fsp3) is 0.0455. The van der Waals surface area contributed by atoms with Crippen LogP contribution in [0.5, 0.6) is 17.4 Å². The molecule has 0 spiro atoms. The molecule has 4 rings (SSSR count). The van der Waals surface area contributed by atoms with E-state index in [-0.39, 0.29) is 33.9 Å². The predicted octanol–water partition coefficient (Wildman–Crippen LogP) is 4.12. The van der Waals surface area contributed by atoms with Gasteiger partial charge >= 0.3 is 0 Å². The van der Waals surface area contributed by atoms with Gasteiger partial charge < -0.3 is 24.9 Å². The Kier molecular flexibility index (Phi) is 5.23. The fourth-order valence-corrected chi connectivity index (χ4v) is 2.94. The second-order valence-corrected chi connectivity index (χ2v) is 6.40. The number of halogens is 1. The largest absolute Gasteiger partial charge is 0.493 e.